The van der Waals surface area contributed by atoms with Crippen molar-refractivity contribution in [1.82, 2.24) is 20.2 Å². The number of tetrazole rings is 1. The first-order chi connectivity index (χ1) is 9.76. The van der Waals surface area contributed by atoms with Crippen LogP contribution in [0.15, 0.2) is 18.2 Å². The molecule has 0 saturated heterocycles. The Bertz CT molecular complexity index is 597. The van der Waals surface area contributed by atoms with Crippen molar-refractivity contribution in [2.24, 2.45) is 0 Å². The summed E-state index contributed by atoms with van der Waals surface area (Å²) in [4.78, 5) is 1.43. The van der Waals surface area contributed by atoms with Crippen LogP contribution in [0, 0.1) is 0 Å². The summed E-state index contributed by atoms with van der Waals surface area (Å²) < 4.78 is 5.51. The van der Waals surface area contributed by atoms with Gasteiger partial charge in [-0.15, -0.1) is 10.2 Å². The molecule has 0 fully saturated rings. The average molecular weight is 274 g/mol. The molecule has 0 unspecified atom stereocenters. The summed E-state index contributed by atoms with van der Waals surface area (Å²) in [6.07, 6.45) is 1.86. The van der Waals surface area contributed by atoms with E-state index in [0.717, 1.165) is 31.0 Å². The lowest BCUT2D eigenvalue weighted by Crippen LogP contribution is -2.07. The van der Waals surface area contributed by atoms with Gasteiger partial charge in [-0.1, -0.05) is 19.1 Å². The molecule has 0 saturated carbocycles. The van der Waals surface area contributed by atoms with Crippen LogP contribution in [-0.4, -0.2) is 38.5 Å². The molecule has 1 aliphatic rings. The molecule has 0 bridgehead atoms. The molecular weight excluding hydrogens is 256 g/mol. The first-order valence-electron chi connectivity index (χ1n) is 6.89. The molecule has 1 aromatic heterocycles. The van der Waals surface area contributed by atoms with E-state index in [1.54, 1.807) is 0 Å². The number of aliphatic hydroxyl groups is 1. The predicted molar refractivity (Wildman–Crippen MR) is 72.7 cm³/mol. The summed E-state index contributed by atoms with van der Waals surface area (Å²) in [7, 11) is 0. The van der Waals surface area contributed by atoms with Crippen LogP contribution >= 0.6 is 0 Å². The van der Waals surface area contributed by atoms with Gasteiger partial charge in [0.25, 0.3) is 0 Å². The molecule has 1 N–H and O–H groups in total. The maximum Gasteiger partial charge on any atom is 0.177 e. The minimum atomic E-state index is 0.0228. The number of ether oxygens (including phenoxy) is 1. The molecule has 20 heavy (non-hydrogen) atoms. The van der Waals surface area contributed by atoms with Crippen molar-refractivity contribution < 1.29 is 9.84 Å². The number of benzene rings is 1. The van der Waals surface area contributed by atoms with Crippen LogP contribution in [0.3, 0.4) is 0 Å². The van der Waals surface area contributed by atoms with Gasteiger partial charge < -0.3 is 9.84 Å². The van der Waals surface area contributed by atoms with Crippen molar-refractivity contribution in [3.63, 3.8) is 0 Å². The number of fused-ring (bicyclic) bond motifs is 1. The molecule has 6 heteroatoms. The third kappa shape index (κ3) is 2.65. The minimum absolute atomic E-state index is 0.0228. The van der Waals surface area contributed by atoms with Crippen molar-refractivity contribution >= 4 is 0 Å². The largest absolute Gasteiger partial charge is 0.493 e. The SMILES string of the molecule is C[C@@H](Cc1ccc2c(c1)CCO2)c1nnn(CCO)n1. The molecule has 0 spiro atoms. The molecule has 0 aliphatic carbocycles. The van der Waals surface area contributed by atoms with Crippen LogP contribution in [0.4, 0.5) is 0 Å². The third-order valence-corrected chi connectivity index (χ3v) is 3.50. The molecule has 1 aromatic carbocycles. The number of hydrogen-bond acceptors (Lipinski definition) is 5. The molecule has 2 aromatic rings. The van der Waals surface area contributed by atoms with E-state index >= 15 is 0 Å². The highest BCUT2D eigenvalue weighted by Gasteiger charge is 2.16. The van der Waals surface area contributed by atoms with E-state index in [2.05, 4.69) is 34.5 Å². The van der Waals surface area contributed by atoms with E-state index in [9.17, 15) is 0 Å². The predicted octanol–water partition coefficient (Wildman–Crippen LogP) is 0.946. The monoisotopic (exact) mass is 274 g/mol. The second kappa shape index (κ2) is 5.58. The summed E-state index contributed by atoms with van der Waals surface area (Å²) in [5.74, 6) is 1.92. The van der Waals surface area contributed by atoms with Crippen LogP contribution in [0.2, 0.25) is 0 Å². The minimum Gasteiger partial charge on any atom is -0.493 e. The lowest BCUT2D eigenvalue weighted by Gasteiger charge is -2.08. The quantitative estimate of drug-likeness (QED) is 0.878. The normalized spacial score (nSPS) is 14.9. The van der Waals surface area contributed by atoms with E-state index in [0.29, 0.717) is 6.54 Å². The van der Waals surface area contributed by atoms with Crippen LogP contribution in [0.1, 0.15) is 29.8 Å². The topological polar surface area (TPSA) is 73.1 Å². The number of aromatic nitrogens is 4. The van der Waals surface area contributed by atoms with Crippen LogP contribution in [0.25, 0.3) is 0 Å². The van der Waals surface area contributed by atoms with Crippen molar-refractivity contribution in [2.75, 3.05) is 13.2 Å². The van der Waals surface area contributed by atoms with Gasteiger partial charge in [0.05, 0.1) is 19.8 Å². The van der Waals surface area contributed by atoms with E-state index < -0.39 is 0 Å². The number of hydrogen-bond donors (Lipinski definition) is 1. The molecule has 0 amide bonds. The van der Waals surface area contributed by atoms with Gasteiger partial charge in [-0.05, 0) is 28.8 Å². The zero-order valence-corrected chi connectivity index (χ0v) is 11.5. The van der Waals surface area contributed by atoms with Crippen LogP contribution < -0.4 is 4.74 Å². The molecule has 6 nitrogen and oxygen atoms in total. The fourth-order valence-electron chi connectivity index (χ4n) is 2.45. The van der Waals surface area contributed by atoms with Gasteiger partial charge in [-0.3, -0.25) is 0 Å². The van der Waals surface area contributed by atoms with Gasteiger partial charge >= 0.3 is 0 Å². The molecule has 1 atom stereocenters. The van der Waals surface area contributed by atoms with E-state index in [4.69, 9.17) is 9.84 Å². The van der Waals surface area contributed by atoms with Crippen LogP contribution in [-0.2, 0) is 19.4 Å². The Kier molecular flexibility index (Phi) is 3.64. The van der Waals surface area contributed by atoms with Crippen molar-refractivity contribution in [3.05, 3.63) is 35.2 Å². The molecule has 1 aliphatic heterocycles. The Morgan fingerprint density at radius 3 is 3.20 bits per heavy atom. The Hall–Kier alpha value is -1.95. The third-order valence-electron chi connectivity index (χ3n) is 3.50. The smallest absolute Gasteiger partial charge is 0.177 e. The molecule has 3 rings (SSSR count). The first kappa shape index (κ1) is 13.1. The zero-order valence-electron chi connectivity index (χ0n) is 11.5. The highest BCUT2D eigenvalue weighted by Crippen LogP contribution is 2.27. The summed E-state index contributed by atoms with van der Waals surface area (Å²) in [6.45, 7) is 3.28. The molecule has 2 heterocycles. The van der Waals surface area contributed by atoms with Crippen molar-refractivity contribution in [2.45, 2.75) is 32.2 Å². The molecular formula is C14H18N4O2. The standard InChI is InChI=1S/C14H18N4O2/c1-10(14-15-17-18(16-14)5-6-19)8-11-2-3-13-12(9-11)4-7-20-13/h2-3,9-10,19H,4-8H2,1H3/t10-/m0/s1. The highest BCUT2D eigenvalue weighted by atomic mass is 16.5. The van der Waals surface area contributed by atoms with E-state index in [1.165, 1.54) is 15.9 Å². The Morgan fingerprint density at radius 1 is 1.45 bits per heavy atom. The van der Waals surface area contributed by atoms with Gasteiger partial charge in [0.15, 0.2) is 5.82 Å². The second-order valence-electron chi connectivity index (χ2n) is 5.11. The van der Waals surface area contributed by atoms with Gasteiger partial charge in [-0.2, -0.15) is 4.80 Å². The lowest BCUT2D eigenvalue weighted by atomic mass is 9.98. The average Bonchev–Trinajstić information content (AvgIpc) is 3.07. The van der Waals surface area contributed by atoms with Gasteiger partial charge in [0.1, 0.15) is 5.75 Å². The van der Waals surface area contributed by atoms with E-state index in [-0.39, 0.29) is 12.5 Å². The number of nitrogens with zero attached hydrogens (tertiary/aromatic N) is 4. The fraction of sp³-hybridized carbons (Fsp3) is 0.500. The summed E-state index contributed by atoms with van der Waals surface area (Å²) in [5, 5.41) is 21.1. The van der Waals surface area contributed by atoms with Crippen LogP contribution in [0.5, 0.6) is 5.75 Å². The summed E-state index contributed by atoms with van der Waals surface area (Å²) in [6, 6.07) is 6.34. The summed E-state index contributed by atoms with van der Waals surface area (Å²) in [5.41, 5.74) is 2.55. The number of aliphatic hydroxyl groups excluding tert-OH is 1. The molecule has 106 valence electrons. The maximum absolute atomic E-state index is 8.85. The van der Waals surface area contributed by atoms with Gasteiger partial charge in [0, 0.05) is 12.3 Å². The Morgan fingerprint density at radius 2 is 2.35 bits per heavy atom. The van der Waals surface area contributed by atoms with Gasteiger partial charge in [0.2, 0.25) is 0 Å². The summed E-state index contributed by atoms with van der Waals surface area (Å²) >= 11 is 0. The zero-order chi connectivity index (χ0) is 13.9. The van der Waals surface area contributed by atoms with Gasteiger partial charge in [-0.25, -0.2) is 0 Å². The number of rotatable bonds is 5. The second-order valence-corrected chi connectivity index (χ2v) is 5.11. The molecule has 0 radical (unpaired) electrons. The fourth-order valence-corrected chi connectivity index (χ4v) is 2.45. The highest BCUT2D eigenvalue weighted by molar-refractivity contribution is 5.40. The maximum atomic E-state index is 8.85. The Balaban J connectivity index is 1.70. The van der Waals surface area contributed by atoms with Crippen molar-refractivity contribution in [1.29, 1.82) is 0 Å². The first-order valence-corrected chi connectivity index (χ1v) is 6.89. The lowest BCUT2D eigenvalue weighted by molar-refractivity contribution is 0.259. The Labute approximate surface area is 117 Å². The van der Waals surface area contributed by atoms with Crippen molar-refractivity contribution in [3.8, 4) is 5.75 Å². The van der Waals surface area contributed by atoms with E-state index in [1.807, 2.05) is 6.07 Å².